The molecule has 0 heterocycles. The highest BCUT2D eigenvalue weighted by Crippen LogP contribution is 2.29. The van der Waals surface area contributed by atoms with Crippen molar-refractivity contribution in [1.82, 2.24) is 10.2 Å². The monoisotopic (exact) mass is 605 g/mol. The summed E-state index contributed by atoms with van der Waals surface area (Å²) in [5.74, 6) is -0.474. The smallest absolute Gasteiger partial charge is 0.264 e. The van der Waals surface area contributed by atoms with Gasteiger partial charge in [-0.05, 0) is 76.2 Å². The number of ether oxygens (including phenoxy) is 1. The number of anilines is 1. The molecular weight excluding hydrogens is 573 g/mol. The maximum atomic E-state index is 13.9. The van der Waals surface area contributed by atoms with Gasteiger partial charge in [-0.3, -0.25) is 13.9 Å². The molecule has 3 aromatic rings. The number of hydrogen-bond acceptors (Lipinski definition) is 5. The van der Waals surface area contributed by atoms with Gasteiger partial charge in [0.05, 0.1) is 17.2 Å². The van der Waals surface area contributed by atoms with Crippen molar-refractivity contribution >= 4 is 50.7 Å². The topological polar surface area (TPSA) is 96.0 Å². The minimum atomic E-state index is -4.20. The molecule has 0 aliphatic carbocycles. The van der Waals surface area contributed by atoms with E-state index in [1.165, 1.54) is 17.0 Å². The first-order valence-electron chi connectivity index (χ1n) is 12.8. The molecule has 0 saturated carbocycles. The Kier molecular flexibility index (Phi) is 10.8. The van der Waals surface area contributed by atoms with Crippen molar-refractivity contribution in [3.63, 3.8) is 0 Å². The summed E-state index contributed by atoms with van der Waals surface area (Å²) < 4.78 is 34.3. The predicted octanol–water partition coefficient (Wildman–Crippen LogP) is 5.45. The molecule has 0 bridgehead atoms. The van der Waals surface area contributed by atoms with E-state index in [9.17, 15) is 18.0 Å². The Morgan fingerprint density at radius 2 is 1.55 bits per heavy atom. The number of carbonyl (C=O) groups excluding carboxylic acids is 2. The van der Waals surface area contributed by atoms with Crippen LogP contribution in [0, 0.1) is 6.92 Å². The molecule has 0 aliphatic heterocycles. The minimum Gasteiger partial charge on any atom is -0.494 e. The van der Waals surface area contributed by atoms with Gasteiger partial charge in [0.15, 0.2) is 0 Å². The quantitative estimate of drug-likeness (QED) is 0.296. The zero-order valence-electron chi connectivity index (χ0n) is 22.9. The van der Waals surface area contributed by atoms with Crippen molar-refractivity contribution in [2.24, 2.45) is 0 Å². The second-order valence-corrected chi connectivity index (χ2v) is 11.7. The van der Waals surface area contributed by atoms with E-state index in [4.69, 9.17) is 27.9 Å². The summed E-state index contributed by atoms with van der Waals surface area (Å²) in [7, 11) is -4.20. The molecule has 3 rings (SSSR count). The van der Waals surface area contributed by atoms with E-state index >= 15 is 0 Å². The Bertz CT molecular complexity index is 1410. The largest absolute Gasteiger partial charge is 0.494 e. The fourth-order valence-corrected chi connectivity index (χ4v) is 5.93. The van der Waals surface area contributed by atoms with Crippen LogP contribution < -0.4 is 14.4 Å². The van der Waals surface area contributed by atoms with Gasteiger partial charge in [0.25, 0.3) is 10.0 Å². The third kappa shape index (κ3) is 7.47. The number of benzene rings is 3. The van der Waals surface area contributed by atoms with Crippen LogP contribution in [0.2, 0.25) is 10.0 Å². The van der Waals surface area contributed by atoms with E-state index in [0.29, 0.717) is 40.2 Å². The van der Waals surface area contributed by atoms with Gasteiger partial charge in [0.1, 0.15) is 18.3 Å². The van der Waals surface area contributed by atoms with Crippen LogP contribution in [0.25, 0.3) is 0 Å². The molecule has 8 nitrogen and oxygen atoms in total. The molecule has 1 N–H and O–H groups in total. The van der Waals surface area contributed by atoms with Crippen molar-refractivity contribution in [2.75, 3.05) is 24.0 Å². The first kappa shape index (κ1) is 31.3. The highest BCUT2D eigenvalue weighted by atomic mass is 35.5. The summed E-state index contributed by atoms with van der Waals surface area (Å²) in [6.45, 7) is 7.19. The number of hydrogen-bond donors (Lipinski definition) is 1. The van der Waals surface area contributed by atoms with Crippen LogP contribution in [-0.2, 0) is 26.2 Å². The second-order valence-electron chi connectivity index (χ2n) is 9.04. The number of nitrogens with one attached hydrogen (secondary N) is 1. The number of likely N-dealkylation sites (N-methyl/N-ethyl adjacent to an activating group) is 1. The van der Waals surface area contributed by atoms with Crippen LogP contribution in [0.4, 0.5) is 5.69 Å². The SMILES string of the molecule is CCNC(=O)[C@@H](C)N(Cc1c(Cl)cccc1Cl)C(=O)CN(c1ccc(C)cc1)S(=O)(=O)c1ccc(OCC)cc1. The molecule has 3 aromatic carbocycles. The Morgan fingerprint density at radius 3 is 2.10 bits per heavy atom. The summed E-state index contributed by atoms with van der Waals surface area (Å²) in [5, 5.41) is 3.37. The number of halogens is 2. The number of sulfonamides is 1. The lowest BCUT2D eigenvalue weighted by molar-refractivity contribution is -0.139. The average Bonchev–Trinajstić information content (AvgIpc) is 2.92. The standard InChI is InChI=1S/C29H33Cl2N3O5S/c1-5-32-29(36)21(4)33(18-25-26(30)8-7-9-27(25)31)28(35)19-34(22-12-10-20(3)11-13-22)40(37,38)24-16-14-23(15-17-24)39-6-2/h7-17,21H,5-6,18-19H2,1-4H3,(H,32,36)/t21-/m1/s1. The third-order valence-electron chi connectivity index (χ3n) is 6.23. The van der Waals surface area contributed by atoms with Gasteiger partial charge < -0.3 is 15.0 Å². The highest BCUT2D eigenvalue weighted by Gasteiger charge is 2.33. The Hall–Kier alpha value is -3.27. The van der Waals surface area contributed by atoms with Crippen LogP contribution in [0.1, 0.15) is 31.9 Å². The van der Waals surface area contributed by atoms with E-state index in [-0.39, 0.29) is 11.4 Å². The van der Waals surface area contributed by atoms with Crippen molar-refractivity contribution in [3.05, 3.63) is 87.9 Å². The minimum absolute atomic E-state index is 0.0122. The number of rotatable bonds is 12. The average molecular weight is 607 g/mol. The lowest BCUT2D eigenvalue weighted by Crippen LogP contribution is -2.51. The van der Waals surface area contributed by atoms with Gasteiger partial charge >= 0.3 is 0 Å². The fraction of sp³-hybridized carbons (Fsp3) is 0.310. The zero-order chi connectivity index (χ0) is 29.4. The van der Waals surface area contributed by atoms with E-state index in [0.717, 1.165) is 9.87 Å². The Morgan fingerprint density at radius 1 is 0.950 bits per heavy atom. The van der Waals surface area contributed by atoms with Crippen LogP contribution in [0.5, 0.6) is 5.75 Å². The molecular formula is C29H33Cl2N3O5S. The number of aryl methyl sites for hydroxylation is 1. The lowest BCUT2D eigenvalue weighted by Gasteiger charge is -2.32. The summed E-state index contributed by atoms with van der Waals surface area (Å²) in [5.41, 5.74) is 1.68. The Balaban J connectivity index is 2.05. The first-order valence-corrected chi connectivity index (χ1v) is 15.0. The summed E-state index contributed by atoms with van der Waals surface area (Å²) in [6.07, 6.45) is 0. The first-order chi connectivity index (χ1) is 19.0. The number of amides is 2. The van der Waals surface area contributed by atoms with Crippen LogP contribution >= 0.6 is 23.2 Å². The summed E-state index contributed by atoms with van der Waals surface area (Å²) >= 11 is 12.8. The van der Waals surface area contributed by atoms with Crippen molar-refractivity contribution in [2.45, 2.75) is 45.2 Å². The van der Waals surface area contributed by atoms with E-state index in [2.05, 4.69) is 5.32 Å². The molecule has 0 unspecified atom stereocenters. The van der Waals surface area contributed by atoms with Gasteiger partial charge in [-0.2, -0.15) is 0 Å². The van der Waals surface area contributed by atoms with Gasteiger partial charge in [0, 0.05) is 28.7 Å². The lowest BCUT2D eigenvalue weighted by atomic mass is 10.1. The van der Waals surface area contributed by atoms with Crippen molar-refractivity contribution < 1.29 is 22.7 Å². The van der Waals surface area contributed by atoms with E-state index in [1.807, 2.05) is 13.8 Å². The normalized spacial score (nSPS) is 11.9. The molecule has 0 spiro atoms. The van der Waals surface area contributed by atoms with Gasteiger partial charge in [0.2, 0.25) is 11.8 Å². The molecule has 214 valence electrons. The second kappa shape index (κ2) is 13.9. The van der Waals surface area contributed by atoms with E-state index < -0.39 is 34.4 Å². The molecule has 0 saturated heterocycles. The van der Waals surface area contributed by atoms with Crippen LogP contribution in [0.15, 0.2) is 71.6 Å². The maximum absolute atomic E-state index is 13.9. The third-order valence-corrected chi connectivity index (χ3v) is 8.73. The molecule has 40 heavy (non-hydrogen) atoms. The van der Waals surface area contributed by atoms with Crippen LogP contribution in [-0.4, -0.2) is 50.9 Å². The van der Waals surface area contributed by atoms with Gasteiger partial charge in [-0.25, -0.2) is 8.42 Å². The molecule has 0 radical (unpaired) electrons. The fourth-order valence-electron chi connectivity index (χ4n) is 4.00. The molecule has 0 fully saturated rings. The number of nitrogens with zero attached hydrogens (tertiary/aromatic N) is 2. The van der Waals surface area contributed by atoms with E-state index in [1.54, 1.807) is 68.4 Å². The molecule has 0 aliphatic rings. The highest BCUT2D eigenvalue weighted by molar-refractivity contribution is 7.92. The number of carbonyl (C=O) groups is 2. The summed E-state index contributed by atoms with van der Waals surface area (Å²) in [4.78, 5) is 28.0. The summed E-state index contributed by atoms with van der Waals surface area (Å²) in [6, 6.07) is 16.8. The molecule has 0 aromatic heterocycles. The zero-order valence-corrected chi connectivity index (χ0v) is 25.2. The molecule has 2 amide bonds. The molecule has 1 atom stereocenters. The molecule has 11 heteroatoms. The van der Waals surface area contributed by atoms with Crippen molar-refractivity contribution in [3.8, 4) is 5.75 Å². The predicted molar refractivity (Wildman–Crippen MR) is 158 cm³/mol. The van der Waals surface area contributed by atoms with Gasteiger partial charge in [-0.1, -0.05) is 47.0 Å². The van der Waals surface area contributed by atoms with Crippen LogP contribution in [0.3, 0.4) is 0 Å². The maximum Gasteiger partial charge on any atom is 0.264 e. The Labute approximate surface area is 245 Å². The van der Waals surface area contributed by atoms with Gasteiger partial charge in [-0.15, -0.1) is 0 Å². The van der Waals surface area contributed by atoms with Crippen molar-refractivity contribution in [1.29, 1.82) is 0 Å².